The monoisotopic (exact) mass is 394 g/mol. The summed E-state index contributed by atoms with van der Waals surface area (Å²) in [4.78, 5) is 23.3. The maximum Gasteiger partial charge on any atom is 0.273 e. The summed E-state index contributed by atoms with van der Waals surface area (Å²) in [6.45, 7) is 1.72. The molecule has 3 rings (SSSR count). The summed E-state index contributed by atoms with van der Waals surface area (Å²) in [6.07, 6.45) is 1.88. The molecule has 1 aliphatic carbocycles. The summed E-state index contributed by atoms with van der Waals surface area (Å²) < 4.78 is 0. The second-order valence-corrected chi connectivity index (χ2v) is 6.26. The number of nitrogens with two attached hydrogens (primary N) is 1. The molecule has 0 aromatic heterocycles. The summed E-state index contributed by atoms with van der Waals surface area (Å²) >= 11 is 0. The molecule has 0 saturated heterocycles. The van der Waals surface area contributed by atoms with Crippen molar-refractivity contribution in [2.24, 2.45) is 15.9 Å². The number of nitro groups is 1. The van der Waals surface area contributed by atoms with Crippen molar-refractivity contribution in [3.8, 4) is 0 Å². The number of carbonyl (C=O) groups is 1. The van der Waals surface area contributed by atoms with Crippen LogP contribution in [0, 0.1) is 10.1 Å². The number of nitrogens with zero attached hydrogens (tertiary/aromatic N) is 3. The highest BCUT2D eigenvalue weighted by molar-refractivity contribution is 6.09. The van der Waals surface area contributed by atoms with Crippen LogP contribution in [0.25, 0.3) is 6.08 Å². The Bertz CT molecular complexity index is 1060. The summed E-state index contributed by atoms with van der Waals surface area (Å²) in [5.41, 5.74) is 10.5. The standard InChI is InChI=1S/C19H18N6O4/c1-11(22-23-19(20)24-27)12-5-7-15(8-6-12)21-18(26)14-9-13-3-2-4-17(25(28)29)16(13)10-14/h2-9,27H,10H2,1H3,(H,21,26)(H3,20,23,24)/b22-11+. The van der Waals surface area contributed by atoms with Gasteiger partial charge in [-0.3, -0.25) is 20.1 Å². The summed E-state index contributed by atoms with van der Waals surface area (Å²) in [5, 5.41) is 30.0. The molecule has 0 unspecified atom stereocenters. The first-order chi connectivity index (χ1) is 13.9. The quantitative estimate of drug-likeness (QED) is 0.264. The number of carbonyl (C=O) groups excluding carboxylic acids is 1. The van der Waals surface area contributed by atoms with Crippen LogP contribution < -0.4 is 16.5 Å². The molecular weight excluding hydrogens is 376 g/mol. The normalized spacial score (nSPS) is 13.5. The predicted octanol–water partition coefficient (Wildman–Crippen LogP) is 2.19. The van der Waals surface area contributed by atoms with Gasteiger partial charge in [-0.05, 0) is 36.3 Å². The first kappa shape index (κ1) is 19.7. The van der Waals surface area contributed by atoms with Crippen molar-refractivity contribution in [2.75, 3.05) is 5.32 Å². The fourth-order valence-electron chi connectivity index (χ4n) is 2.88. The number of fused-ring (bicyclic) bond motifs is 1. The molecule has 0 spiro atoms. The molecule has 148 valence electrons. The maximum absolute atomic E-state index is 12.6. The number of hydrogen-bond acceptors (Lipinski definition) is 6. The number of rotatable bonds is 5. The van der Waals surface area contributed by atoms with Crippen LogP contribution in [0.4, 0.5) is 11.4 Å². The van der Waals surface area contributed by atoms with Crippen LogP contribution in [0.1, 0.15) is 23.6 Å². The fourth-order valence-corrected chi connectivity index (χ4v) is 2.88. The van der Waals surface area contributed by atoms with Crippen molar-refractivity contribution in [2.45, 2.75) is 13.3 Å². The molecule has 0 fully saturated rings. The highest BCUT2D eigenvalue weighted by Gasteiger charge is 2.25. The van der Waals surface area contributed by atoms with Gasteiger partial charge in [0.25, 0.3) is 11.6 Å². The third-order valence-corrected chi connectivity index (χ3v) is 4.36. The van der Waals surface area contributed by atoms with Gasteiger partial charge in [0.1, 0.15) is 0 Å². The predicted molar refractivity (Wildman–Crippen MR) is 109 cm³/mol. The Hall–Kier alpha value is -4.05. The van der Waals surface area contributed by atoms with Crippen LogP contribution in [-0.4, -0.2) is 27.7 Å². The second-order valence-electron chi connectivity index (χ2n) is 6.26. The topological polar surface area (TPSA) is 155 Å². The van der Waals surface area contributed by atoms with E-state index in [9.17, 15) is 14.9 Å². The lowest BCUT2D eigenvalue weighted by molar-refractivity contribution is -0.385. The van der Waals surface area contributed by atoms with Gasteiger partial charge in [0.05, 0.1) is 10.6 Å². The van der Waals surface area contributed by atoms with Crippen molar-refractivity contribution in [3.63, 3.8) is 0 Å². The lowest BCUT2D eigenvalue weighted by Crippen LogP contribution is -2.27. The molecule has 1 amide bonds. The van der Waals surface area contributed by atoms with Crippen molar-refractivity contribution in [3.05, 3.63) is 74.8 Å². The average molecular weight is 394 g/mol. The molecule has 1 aliphatic rings. The second kappa shape index (κ2) is 8.31. The Morgan fingerprint density at radius 1 is 1.21 bits per heavy atom. The zero-order valence-corrected chi connectivity index (χ0v) is 15.4. The Kier molecular flexibility index (Phi) is 5.65. The van der Waals surface area contributed by atoms with E-state index in [1.54, 1.807) is 54.9 Å². The average Bonchev–Trinajstić information content (AvgIpc) is 3.16. The maximum atomic E-state index is 12.6. The van der Waals surface area contributed by atoms with Gasteiger partial charge in [-0.15, -0.1) is 5.10 Å². The van der Waals surface area contributed by atoms with Gasteiger partial charge in [-0.25, -0.2) is 5.48 Å². The Balaban J connectivity index is 1.69. The van der Waals surface area contributed by atoms with E-state index < -0.39 is 4.92 Å². The zero-order chi connectivity index (χ0) is 21.0. The van der Waals surface area contributed by atoms with Gasteiger partial charge >= 0.3 is 0 Å². The Morgan fingerprint density at radius 3 is 2.59 bits per heavy atom. The first-order valence-electron chi connectivity index (χ1n) is 8.55. The summed E-state index contributed by atoms with van der Waals surface area (Å²) in [5.74, 6) is -0.556. The van der Waals surface area contributed by atoms with Crippen LogP contribution in [0.3, 0.4) is 0 Å². The highest BCUT2D eigenvalue weighted by Crippen LogP contribution is 2.32. The third kappa shape index (κ3) is 4.45. The van der Waals surface area contributed by atoms with Crippen LogP contribution in [0.5, 0.6) is 0 Å². The van der Waals surface area contributed by atoms with E-state index in [1.165, 1.54) is 6.07 Å². The molecule has 0 aliphatic heterocycles. The first-order valence-corrected chi connectivity index (χ1v) is 8.55. The smallest absolute Gasteiger partial charge is 0.273 e. The number of nitrogens with one attached hydrogen (secondary N) is 2. The van der Waals surface area contributed by atoms with E-state index in [0.29, 0.717) is 28.1 Å². The van der Waals surface area contributed by atoms with E-state index in [4.69, 9.17) is 10.9 Å². The largest absolute Gasteiger partial charge is 0.367 e. The van der Waals surface area contributed by atoms with Gasteiger partial charge in [0.15, 0.2) is 0 Å². The minimum absolute atomic E-state index is 0.0142. The van der Waals surface area contributed by atoms with Crippen LogP contribution in [-0.2, 0) is 11.2 Å². The lowest BCUT2D eigenvalue weighted by atomic mass is 10.1. The van der Waals surface area contributed by atoms with Gasteiger partial charge in [-0.1, -0.05) is 24.3 Å². The molecule has 2 aromatic carbocycles. The number of anilines is 1. The van der Waals surface area contributed by atoms with Crippen LogP contribution in [0.2, 0.25) is 0 Å². The van der Waals surface area contributed by atoms with Gasteiger partial charge in [-0.2, -0.15) is 5.10 Å². The molecule has 5 N–H and O–H groups in total. The van der Waals surface area contributed by atoms with Gasteiger partial charge in [0.2, 0.25) is 5.96 Å². The number of amides is 1. The molecule has 0 atom stereocenters. The number of hydroxylamine groups is 1. The van der Waals surface area contributed by atoms with Gasteiger partial charge < -0.3 is 11.1 Å². The van der Waals surface area contributed by atoms with E-state index in [-0.39, 0.29) is 24.0 Å². The van der Waals surface area contributed by atoms with E-state index in [2.05, 4.69) is 15.5 Å². The number of benzene rings is 2. The third-order valence-electron chi connectivity index (χ3n) is 4.36. The minimum atomic E-state index is -0.440. The molecule has 10 nitrogen and oxygen atoms in total. The minimum Gasteiger partial charge on any atom is -0.367 e. The SMILES string of the molecule is C/C(=N\N=C(N)NO)c1ccc(NC(=O)C2=Cc3cccc([N+](=O)[O-])c3C2)cc1. The van der Waals surface area contributed by atoms with E-state index in [0.717, 1.165) is 5.56 Å². The fraction of sp³-hybridized carbons (Fsp3) is 0.105. The van der Waals surface area contributed by atoms with Crippen molar-refractivity contribution in [1.29, 1.82) is 0 Å². The van der Waals surface area contributed by atoms with Crippen molar-refractivity contribution in [1.82, 2.24) is 5.48 Å². The summed E-state index contributed by atoms with van der Waals surface area (Å²) in [6, 6.07) is 11.7. The Morgan fingerprint density at radius 2 is 1.93 bits per heavy atom. The van der Waals surface area contributed by atoms with Crippen LogP contribution in [0.15, 0.2) is 58.2 Å². The number of guanidine groups is 1. The summed E-state index contributed by atoms with van der Waals surface area (Å²) in [7, 11) is 0. The molecule has 29 heavy (non-hydrogen) atoms. The highest BCUT2D eigenvalue weighted by atomic mass is 16.6. The van der Waals surface area contributed by atoms with Crippen molar-refractivity contribution >= 4 is 35.0 Å². The molecule has 2 aromatic rings. The lowest BCUT2D eigenvalue weighted by Gasteiger charge is -2.07. The van der Waals surface area contributed by atoms with E-state index in [1.807, 2.05) is 0 Å². The molecule has 0 radical (unpaired) electrons. The van der Waals surface area contributed by atoms with Crippen molar-refractivity contribution < 1.29 is 14.9 Å². The van der Waals surface area contributed by atoms with E-state index >= 15 is 0 Å². The molecule has 0 heterocycles. The van der Waals surface area contributed by atoms with Crippen LogP contribution >= 0.6 is 0 Å². The van der Waals surface area contributed by atoms with Gasteiger partial charge in [0, 0.05) is 29.3 Å². The molecule has 0 saturated carbocycles. The number of hydrogen-bond donors (Lipinski definition) is 4. The zero-order valence-electron chi connectivity index (χ0n) is 15.4. The molecule has 10 heteroatoms. The Labute approximate surface area is 165 Å². The molecular formula is C19H18N6O4. The molecule has 0 bridgehead atoms. The number of nitro benzene ring substituents is 1.